The van der Waals surface area contributed by atoms with Crippen LogP contribution >= 0.6 is 11.6 Å². The maximum Gasteiger partial charge on any atom is 0.220 e. The normalized spacial score (nSPS) is 12.1. The SMILES string of the molecule is CCS(=O)(=O)c1ccc2oc(/C=C/c3cc(Cl)c(O)c(OC)c3)nc2c1. The highest BCUT2D eigenvalue weighted by molar-refractivity contribution is 7.91. The third-order valence-corrected chi connectivity index (χ3v) is 5.82. The van der Waals surface area contributed by atoms with E-state index in [1.54, 1.807) is 37.3 Å². The number of phenolic OH excluding ortho intramolecular Hbond substituents is 1. The highest BCUT2D eigenvalue weighted by Gasteiger charge is 2.14. The first-order valence-corrected chi connectivity index (χ1v) is 9.75. The van der Waals surface area contributed by atoms with E-state index < -0.39 is 9.84 Å². The molecule has 1 N–H and O–H groups in total. The average Bonchev–Trinajstić information content (AvgIpc) is 3.04. The van der Waals surface area contributed by atoms with Gasteiger partial charge in [0.25, 0.3) is 0 Å². The zero-order valence-electron chi connectivity index (χ0n) is 14.1. The largest absolute Gasteiger partial charge is 0.503 e. The van der Waals surface area contributed by atoms with Gasteiger partial charge in [0, 0.05) is 6.08 Å². The Hall–Kier alpha value is -2.51. The molecule has 0 aliphatic carbocycles. The van der Waals surface area contributed by atoms with Crippen LogP contribution in [0.1, 0.15) is 18.4 Å². The van der Waals surface area contributed by atoms with Gasteiger partial charge in [-0.1, -0.05) is 18.5 Å². The number of rotatable bonds is 5. The third kappa shape index (κ3) is 3.54. The van der Waals surface area contributed by atoms with Crippen molar-refractivity contribution in [2.45, 2.75) is 11.8 Å². The second-order valence-electron chi connectivity index (χ2n) is 5.47. The van der Waals surface area contributed by atoms with E-state index in [0.29, 0.717) is 22.6 Å². The van der Waals surface area contributed by atoms with E-state index in [-0.39, 0.29) is 27.2 Å². The van der Waals surface area contributed by atoms with E-state index in [4.69, 9.17) is 20.8 Å². The monoisotopic (exact) mass is 393 g/mol. The Balaban J connectivity index is 1.94. The number of sulfone groups is 1. The first kappa shape index (κ1) is 18.3. The molecule has 26 heavy (non-hydrogen) atoms. The molecule has 0 aliphatic heterocycles. The van der Waals surface area contributed by atoms with Crippen LogP contribution in [0.25, 0.3) is 23.3 Å². The van der Waals surface area contributed by atoms with Gasteiger partial charge in [-0.05, 0) is 42.0 Å². The van der Waals surface area contributed by atoms with Gasteiger partial charge in [-0.25, -0.2) is 13.4 Å². The lowest BCUT2D eigenvalue weighted by Gasteiger charge is -2.05. The standard InChI is InChI=1S/C18H16ClNO5S/c1-3-26(22,23)12-5-6-15-14(10-12)20-17(25-15)7-4-11-8-13(19)18(21)16(9-11)24-2/h4-10,21H,3H2,1-2H3/b7-4+. The summed E-state index contributed by atoms with van der Waals surface area (Å²) >= 11 is 5.96. The molecule has 0 aliphatic rings. The molecule has 0 amide bonds. The molecule has 0 radical (unpaired) electrons. The summed E-state index contributed by atoms with van der Waals surface area (Å²) in [5, 5.41) is 9.92. The maximum atomic E-state index is 12.0. The van der Waals surface area contributed by atoms with Crippen LogP contribution in [0.5, 0.6) is 11.5 Å². The van der Waals surface area contributed by atoms with Crippen LogP contribution in [-0.2, 0) is 9.84 Å². The Bertz CT molecular complexity index is 1100. The predicted octanol–water partition coefficient (Wildman–Crippen LogP) is 4.16. The Morgan fingerprint density at radius 3 is 2.73 bits per heavy atom. The van der Waals surface area contributed by atoms with Crippen molar-refractivity contribution in [2.24, 2.45) is 0 Å². The summed E-state index contributed by atoms with van der Waals surface area (Å²) in [4.78, 5) is 4.50. The summed E-state index contributed by atoms with van der Waals surface area (Å²) in [7, 11) is -1.87. The Morgan fingerprint density at radius 1 is 1.27 bits per heavy atom. The van der Waals surface area contributed by atoms with E-state index in [1.807, 2.05) is 0 Å². The number of halogens is 1. The Kier molecular flexibility index (Phi) is 4.93. The highest BCUT2D eigenvalue weighted by atomic mass is 35.5. The number of aromatic hydroxyl groups is 1. The molecule has 0 bridgehead atoms. The van der Waals surface area contributed by atoms with Crippen molar-refractivity contribution in [1.82, 2.24) is 4.98 Å². The van der Waals surface area contributed by atoms with Crippen LogP contribution in [0.2, 0.25) is 5.02 Å². The summed E-state index contributed by atoms with van der Waals surface area (Å²) in [5.41, 5.74) is 1.63. The fourth-order valence-electron chi connectivity index (χ4n) is 2.37. The lowest BCUT2D eigenvalue weighted by molar-refractivity contribution is 0.373. The number of hydrogen-bond acceptors (Lipinski definition) is 6. The molecule has 0 saturated carbocycles. The number of phenols is 1. The number of nitrogens with zero attached hydrogens (tertiary/aromatic N) is 1. The molecule has 0 saturated heterocycles. The molecule has 3 rings (SSSR count). The number of aromatic nitrogens is 1. The molecule has 0 fully saturated rings. The van der Waals surface area contributed by atoms with Gasteiger partial charge in [-0.15, -0.1) is 0 Å². The lowest BCUT2D eigenvalue weighted by Crippen LogP contribution is -2.03. The minimum Gasteiger partial charge on any atom is -0.503 e. The van der Waals surface area contributed by atoms with E-state index in [9.17, 15) is 13.5 Å². The van der Waals surface area contributed by atoms with Crippen LogP contribution in [0.4, 0.5) is 0 Å². The molecule has 136 valence electrons. The molecular formula is C18H16ClNO5S. The molecule has 1 heterocycles. The summed E-state index contributed by atoms with van der Waals surface area (Å²) in [6.07, 6.45) is 3.32. The average molecular weight is 394 g/mol. The molecule has 0 atom stereocenters. The highest BCUT2D eigenvalue weighted by Crippen LogP contribution is 2.35. The molecule has 0 spiro atoms. The van der Waals surface area contributed by atoms with Gasteiger partial charge >= 0.3 is 0 Å². The number of oxazole rings is 1. The fraction of sp³-hybridized carbons (Fsp3) is 0.167. The van der Waals surface area contributed by atoms with Crippen molar-refractivity contribution < 1.29 is 22.7 Å². The number of hydrogen-bond donors (Lipinski definition) is 1. The first-order chi connectivity index (χ1) is 12.3. The zero-order chi connectivity index (χ0) is 18.9. The van der Waals surface area contributed by atoms with E-state index >= 15 is 0 Å². The van der Waals surface area contributed by atoms with Gasteiger partial charge in [0.2, 0.25) is 5.89 Å². The van der Waals surface area contributed by atoms with Crippen LogP contribution in [0.15, 0.2) is 39.6 Å². The summed E-state index contributed by atoms with van der Waals surface area (Å²) in [6.45, 7) is 1.59. The molecule has 1 aromatic heterocycles. The van der Waals surface area contributed by atoms with E-state index in [2.05, 4.69) is 4.98 Å². The van der Waals surface area contributed by atoms with Crippen molar-refractivity contribution in [3.63, 3.8) is 0 Å². The van der Waals surface area contributed by atoms with Gasteiger partial charge in [-0.2, -0.15) is 0 Å². The summed E-state index contributed by atoms with van der Waals surface area (Å²) in [6, 6.07) is 7.78. The molecule has 0 unspecified atom stereocenters. The fourth-order valence-corrected chi connectivity index (χ4v) is 3.49. The van der Waals surface area contributed by atoms with E-state index in [0.717, 1.165) is 0 Å². The van der Waals surface area contributed by atoms with Crippen LogP contribution in [0.3, 0.4) is 0 Å². The summed E-state index contributed by atoms with van der Waals surface area (Å²) < 4.78 is 34.6. The Morgan fingerprint density at radius 2 is 2.04 bits per heavy atom. The van der Waals surface area contributed by atoms with Gasteiger partial charge in [0.1, 0.15) is 5.52 Å². The number of fused-ring (bicyclic) bond motifs is 1. The van der Waals surface area contributed by atoms with Gasteiger partial charge in [0.15, 0.2) is 26.9 Å². The van der Waals surface area contributed by atoms with Gasteiger partial charge < -0.3 is 14.3 Å². The third-order valence-electron chi connectivity index (χ3n) is 3.80. The van der Waals surface area contributed by atoms with Gasteiger partial charge in [-0.3, -0.25) is 0 Å². The topological polar surface area (TPSA) is 89.6 Å². The van der Waals surface area contributed by atoms with Crippen LogP contribution in [0, 0.1) is 0 Å². The second kappa shape index (κ2) is 7.01. The molecule has 3 aromatic rings. The van der Waals surface area contributed by atoms with Crippen LogP contribution in [-0.4, -0.2) is 31.4 Å². The van der Waals surface area contributed by atoms with Crippen molar-refractivity contribution in [2.75, 3.05) is 12.9 Å². The molecule has 8 heteroatoms. The minimum absolute atomic E-state index is 0.0204. The zero-order valence-corrected chi connectivity index (χ0v) is 15.6. The van der Waals surface area contributed by atoms with Crippen molar-refractivity contribution >= 4 is 44.7 Å². The predicted molar refractivity (Wildman–Crippen MR) is 100 cm³/mol. The van der Waals surface area contributed by atoms with Crippen molar-refractivity contribution in [1.29, 1.82) is 0 Å². The summed E-state index contributed by atoms with van der Waals surface area (Å²) in [5.74, 6) is 0.461. The molecular weight excluding hydrogens is 378 g/mol. The maximum absolute atomic E-state index is 12.0. The first-order valence-electron chi connectivity index (χ1n) is 7.72. The second-order valence-corrected chi connectivity index (χ2v) is 8.16. The number of methoxy groups -OCH3 is 1. The molecule has 6 nitrogen and oxygen atoms in total. The number of benzene rings is 2. The quantitative estimate of drug-likeness (QED) is 0.700. The minimum atomic E-state index is -3.30. The van der Waals surface area contributed by atoms with Crippen molar-refractivity contribution in [3.05, 3.63) is 46.8 Å². The Labute approximate surface area is 155 Å². The van der Waals surface area contributed by atoms with Gasteiger partial charge in [0.05, 0.1) is 22.8 Å². The van der Waals surface area contributed by atoms with Crippen molar-refractivity contribution in [3.8, 4) is 11.5 Å². The number of ether oxygens (including phenoxy) is 1. The van der Waals surface area contributed by atoms with Crippen LogP contribution < -0.4 is 4.74 Å². The molecule has 2 aromatic carbocycles. The lowest BCUT2D eigenvalue weighted by atomic mass is 10.2. The smallest absolute Gasteiger partial charge is 0.220 e. The van der Waals surface area contributed by atoms with E-state index in [1.165, 1.54) is 19.2 Å².